The number of hydrogen-bond acceptors (Lipinski definition) is 4. The number of aryl methyl sites for hydroxylation is 1. The van der Waals surface area contributed by atoms with Gasteiger partial charge < -0.3 is 4.90 Å². The molecule has 2 aromatic rings. The highest BCUT2D eigenvalue weighted by molar-refractivity contribution is 7.18. The van der Waals surface area contributed by atoms with Gasteiger partial charge >= 0.3 is 0 Å². The molecule has 0 aromatic carbocycles. The van der Waals surface area contributed by atoms with Gasteiger partial charge in [0.2, 0.25) is 0 Å². The fraction of sp³-hybridized carbons (Fsp3) is 0.455. The van der Waals surface area contributed by atoms with E-state index in [9.17, 15) is 0 Å². The Bertz CT molecular complexity index is 486. The van der Waals surface area contributed by atoms with Crippen LogP contribution in [0.1, 0.15) is 18.4 Å². The van der Waals surface area contributed by atoms with Crippen molar-refractivity contribution in [3.63, 3.8) is 0 Å². The number of thiophene rings is 1. The van der Waals surface area contributed by atoms with Gasteiger partial charge in [-0.3, -0.25) is 0 Å². The van der Waals surface area contributed by atoms with Gasteiger partial charge in [0, 0.05) is 13.1 Å². The van der Waals surface area contributed by atoms with Crippen LogP contribution in [0, 0.1) is 6.92 Å². The van der Waals surface area contributed by atoms with E-state index in [0.717, 1.165) is 24.4 Å². The second-order valence-electron chi connectivity index (χ2n) is 3.99. The summed E-state index contributed by atoms with van der Waals surface area (Å²) in [5, 5.41) is 2.17. The van der Waals surface area contributed by atoms with E-state index in [4.69, 9.17) is 0 Å². The van der Waals surface area contributed by atoms with E-state index in [1.807, 2.05) is 0 Å². The summed E-state index contributed by atoms with van der Waals surface area (Å²) in [5.74, 6) is 1.13. The Balaban J connectivity index is 2.17. The quantitative estimate of drug-likeness (QED) is 0.738. The van der Waals surface area contributed by atoms with Crippen LogP contribution in [0.25, 0.3) is 10.2 Å². The monoisotopic (exact) mass is 219 g/mol. The molecule has 0 radical (unpaired) electrons. The first kappa shape index (κ1) is 9.09. The normalized spacial score (nSPS) is 16.5. The first-order chi connectivity index (χ1) is 7.36. The predicted octanol–water partition coefficient (Wildman–Crippen LogP) is 2.60. The van der Waals surface area contributed by atoms with Gasteiger partial charge in [0.25, 0.3) is 0 Å². The molecule has 1 fully saturated rings. The second-order valence-corrected chi connectivity index (χ2v) is 4.87. The van der Waals surface area contributed by atoms with Crippen LogP contribution >= 0.6 is 11.3 Å². The number of rotatable bonds is 1. The molecule has 0 saturated carbocycles. The van der Waals surface area contributed by atoms with Crippen LogP contribution in [0.15, 0.2) is 11.7 Å². The summed E-state index contributed by atoms with van der Waals surface area (Å²) >= 11 is 1.76. The third kappa shape index (κ3) is 1.40. The molecule has 4 heteroatoms. The van der Waals surface area contributed by atoms with E-state index in [2.05, 4.69) is 27.2 Å². The van der Waals surface area contributed by atoms with Gasteiger partial charge in [0.05, 0.1) is 10.2 Å². The van der Waals surface area contributed by atoms with Crippen molar-refractivity contribution in [3.05, 3.63) is 17.3 Å². The topological polar surface area (TPSA) is 29.0 Å². The van der Waals surface area contributed by atoms with Crippen molar-refractivity contribution in [2.24, 2.45) is 0 Å². The molecule has 15 heavy (non-hydrogen) atoms. The van der Waals surface area contributed by atoms with Crippen molar-refractivity contribution in [2.75, 3.05) is 18.0 Å². The molecule has 0 bridgehead atoms. The molecule has 3 rings (SSSR count). The first-order valence-electron chi connectivity index (χ1n) is 5.30. The average Bonchev–Trinajstić information content (AvgIpc) is 2.88. The largest absolute Gasteiger partial charge is 0.355 e. The molecule has 0 spiro atoms. The molecule has 1 saturated heterocycles. The van der Waals surface area contributed by atoms with Crippen molar-refractivity contribution in [1.82, 2.24) is 9.97 Å². The molecule has 2 aromatic heterocycles. The van der Waals surface area contributed by atoms with Crippen LogP contribution in [0.5, 0.6) is 0 Å². The Kier molecular flexibility index (Phi) is 2.09. The minimum Gasteiger partial charge on any atom is -0.355 e. The summed E-state index contributed by atoms with van der Waals surface area (Å²) in [6.45, 7) is 4.39. The smallest absolute Gasteiger partial charge is 0.150 e. The Hall–Kier alpha value is -1.16. The van der Waals surface area contributed by atoms with Crippen LogP contribution in [0.3, 0.4) is 0 Å². The molecule has 78 valence electrons. The Morgan fingerprint density at radius 2 is 2.07 bits per heavy atom. The summed E-state index contributed by atoms with van der Waals surface area (Å²) in [7, 11) is 0. The van der Waals surface area contributed by atoms with Crippen LogP contribution in [-0.2, 0) is 0 Å². The zero-order chi connectivity index (χ0) is 10.3. The highest BCUT2D eigenvalue weighted by Crippen LogP contribution is 2.32. The summed E-state index contributed by atoms with van der Waals surface area (Å²) in [5.41, 5.74) is 2.38. The maximum absolute atomic E-state index is 4.43. The lowest BCUT2D eigenvalue weighted by Gasteiger charge is -2.16. The molecule has 0 unspecified atom stereocenters. The van der Waals surface area contributed by atoms with E-state index in [1.165, 1.54) is 23.1 Å². The summed E-state index contributed by atoms with van der Waals surface area (Å²) < 4.78 is 1.25. The average molecular weight is 219 g/mol. The van der Waals surface area contributed by atoms with Crippen molar-refractivity contribution >= 4 is 27.4 Å². The second kappa shape index (κ2) is 3.45. The number of aromatic nitrogens is 2. The summed E-state index contributed by atoms with van der Waals surface area (Å²) in [4.78, 5) is 11.1. The van der Waals surface area contributed by atoms with Crippen LogP contribution in [0.4, 0.5) is 5.82 Å². The van der Waals surface area contributed by atoms with Gasteiger partial charge in [0.15, 0.2) is 0 Å². The molecular formula is C11H13N3S. The highest BCUT2D eigenvalue weighted by Gasteiger charge is 2.17. The van der Waals surface area contributed by atoms with Crippen molar-refractivity contribution < 1.29 is 0 Å². The maximum atomic E-state index is 4.43. The molecule has 0 amide bonds. The minimum atomic E-state index is 1.12. The van der Waals surface area contributed by atoms with Crippen molar-refractivity contribution in [3.8, 4) is 0 Å². The lowest BCUT2D eigenvalue weighted by atomic mass is 10.3. The van der Waals surface area contributed by atoms with Crippen molar-refractivity contribution in [2.45, 2.75) is 19.8 Å². The van der Waals surface area contributed by atoms with Gasteiger partial charge in [0.1, 0.15) is 12.1 Å². The van der Waals surface area contributed by atoms with Gasteiger partial charge in [-0.2, -0.15) is 0 Å². The lowest BCUT2D eigenvalue weighted by Crippen LogP contribution is -2.19. The molecule has 1 aliphatic heterocycles. The fourth-order valence-electron chi connectivity index (χ4n) is 2.11. The zero-order valence-corrected chi connectivity index (χ0v) is 9.55. The van der Waals surface area contributed by atoms with Gasteiger partial charge in [-0.15, -0.1) is 11.3 Å². The maximum Gasteiger partial charge on any atom is 0.150 e. The van der Waals surface area contributed by atoms with E-state index in [-0.39, 0.29) is 0 Å². The summed E-state index contributed by atoms with van der Waals surface area (Å²) in [6.07, 6.45) is 4.27. The fourth-order valence-corrected chi connectivity index (χ4v) is 3.13. The Morgan fingerprint density at radius 1 is 1.27 bits per heavy atom. The van der Waals surface area contributed by atoms with E-state index >= 15 is 0 Å². The first-order valence-corrected chi connectivity index (χ1v) is 6.18. The molecule has 0 N–H and O–H groups in total. The molecule has 0 atom stereocenters. The third-order valence-electron chi connectivity index (χ3n) is 2.92. The number of nitrogens with zero attached hydrogens (tertiary/aromatic N) is 3. The highest BCUT2D eigenvalue weighted by atomic mass is 32.1. The molecule has 3 heterocycles. The van der Waals surface area contributed by atoms with Gasteiger partial charge in [-0.1, -0.05) is 0 Å². The minimum absolute atomic E-state index is 1.12. The standard InChI is InChI=1S/C11H13N3S/c1-8-6-15-10-9(8)12-7-13-11(10)14-4-2-3-5-14/h6-7H,2-5H2,1H3. The Morgan fingerprint density at radius 3 is 2.87 bits per heavy atom. The zero-order valence-electron chi connectivity index (χ0n) is 8.73. The number of fused-ring (bicyclic) bond motifs is 1. The molecule has 1 aliphatic rings. The summed E-state index contributed by atoms with van der Waals surface area (Å²) in [6, 6.07) is 0. The van der Waals surface area contributed by atoms with Crippen LogP contribution < -0.4 is 4.90 Å². The van der Waals surface area contributed by atoms with E-state index in [1.54, 1.807) is 17.7 Å². The van der Waals surface area contributed by atoms with Crippen LogP contribution in [0.2, 0.25) is 0 Å². The number of hydrogen-bond donors (Lipinski definition) is 0. The number of anilines is 1. The van der Waals surface area contributed by atoms with E-state index in [0.29, 0.717) is 0 Å². The van der Waals surface area contributed by atoms with Gasteiger partial charge in [-0.25, -0.2) is 9.97 Å². The third-order valence-corrected chi connectivity index (χ3v) is 4.00. The Labute approximate surface area is 92.8 Å². The molecule has 3 nitrogen and oxygen atoms in total. The van der Waals surface area contributed by atoms with Crippen molar-refractivity contribution in [1.29, 1.82) is 0 Å². The van der Waals surface area contributed by atoms with Gasteiger partial charge in [-0.05, 0) is 30.7 Å². The molecular weight excluding hydrogens is 206 g/mol. The van der Waals surface area contributed by atoms with E-state index < -0.39 is 0 Å². The molecule has 0 aliphatic carbocycles. The lowest BCUT2D eigenvalue weighted by molar-refractivity contribution is 0.941. The van der Waals surface area contributed by atoms with Crippen LogP contribution in [-0.4, -0.2) is 23.1 Å². The SMILES string of the molecule is Cc1csc2c(N3CCCC3)ncnc12. The predicted molar refractivity (Wildman–Crippen MR) is 63.6 cm³/mol.